The van der Waals surface area contributed by atoms with Gasteiger partial charge in [-0.15, -0.1) is 11.3 Å². The molecule has 0 bridgehead atoms. The molecule has 1 aliphatic heterocycles. The van der Waals surface area contributed by atoms with Crippen molar-refractivity contribution in [1.82, 2.24) is 9.80 Å². The number of nitrogens with zero attached hydrogens (tertiary/aromatic N) is 2. The molecular formula is C26H27ClN2O3S. The quantitative estimate of drug-likeness (QED) is 0.454. The summed E-state index contributed by atoms with van der Waals surface area (Å²) in [6.45, 7) is 5.31. The number of benzene rings is 2. The zero-order chi connectivity index (χ0) is 23.4. The number of carbonyl (C=O) groups is 2. The molecule has 33 heavy (non-hydrogen) atoms. The molecule has 1 atom stereocenters. The average Bonchev–Trinajstić information content (AvgIpc) is 3.30. The summed E-state index contributed by atoms with van der Waals surface area (Å²) in [5.74, 6) is 0.537. The number of para-hydroxylation sites is 1. The lowest BCUT2D eigenvalue weighted by molar-refractivity contribution is -0.135. The smallest absolute Gasteiger partial charge is 0.254 e. The lowest BCUT2D eigenvalue weighted by Crippen LogP contribution is -2.47. The van der Waals surface area contributed by atoms with Crippen LogP contribution in [0.5, 0.6) is 5.75 Å². The largest absolute Gasteiger partial charge is 0.491 e. The molecule has 7 heteroatoms. The molecule has 0 spiro atoms. The number of aryl methyl sites for hydroxylation is 1. The van der Waals surface area contributed by atoms with Crippen LogP contribution in [-0.2, 0) is 11.2 Å². The van der Waals surface area contributed by atoms with Gasteiger partial charge in [-0.1, -0.05) is 35.9 Å². The Morgan fingerprint density at radius 1 is 1.18 bits per heavy atom. The van der Waals surface area contributed by atoms with Gasteiger partial charge < -0.3 is 14.5 Å². The first-order valence-electron chi connectivity index (χ1n) is 11.1. The fourth-order valence-corrected chi connectivity index (χ4v) is 5.27. The van der Waals surface area contributed by atoms with Gasteiger partial charge in [-0.05, 0) is 67.1 Å². The van der Waals surface area contributed by atoms with Crippen molar-refractivity contribution in [2.24, 2.45) is 0 Å². The van der Waals surface area contributed by atoms with Crippen LogP contribution in [0.25, 0.3) is 0 Å². The number of halogens is 1. The number of rotatable bonds is 7. The first kappa shape index (κ1) is 23.3. The topological polar surface area (TPSA) is 49.9 Å². The van der Waals surface area contributed by atoms with Crippen molar-refractivity contribution >= 4 is 34.8 Å². The van der Waals surface area contributed by atoms with Crippen LogP contribution in [0, 0.1) is 6.92 Å². The third-order valence-electron chi connectivity index (χ3n) is 5.97. The van der Waals surface area contributed by atoms with E-state index in [1.807, 2.05) is 43.0 Å². The Morgan fingerprint density at radius 3 is 2.76 bits per heavy atom. The molecule has 1 aliphatic rings. The highest BCUT2D eigenvalue weighted by molar-refractivity contribution is 7.10. The first-order chi connectivity index (χ1) is 16.0. The van der Waals surface area contributed by atoms with E-state index in [9.17, 15) is 9.59 Å². The summed E-state index contributed by atoms with van der Waals surface area (Å²) >= 11 is 7.78. The third kappa shape index (κ3) is 5.23. The molecule has 0 fully saturated rings. The molecule has 1 aromatic heterocycles. The van der Waals surface area contributed by atoms with E-state index < -0.39 is 0 Å². The van der Waals surface area contributed by atoms with Crippen LogP contribution in [0.1, 0.15) is 39.3 Å². The van der Waals surface area contributed by atoms with Gasteiger partial charge in [0.1, 0.15) is 18.9 Å². The number of hydrogen-bond donors (Lipinski definition) is 0. The molecular weight excluding hydrogens is 456 g/mol. The van der Waals surface area contributed by atoms with Gasteiger partial charge in [0, 0.05) is 28.6 Å². The van der Waals surface area contributed by atoms with Crippen LogP contribution >= 0.6 is 22.9 Å². The molecule has 2 aromatic carbocycles. The number of amides is 2. The molecule has 0 saturated heterocycles. The second-order valence-corrected chi connectivity index (χ2v) is 9.50. The minimum absolute atomic E-state index is 0.0161. The van der Waals surface area contributed by atoms with Crippen molar-refractivity contribution in [3.8, 4) is 5.75 Å². The molecule has 5 nitrogen and oxygen atoms in total. The van der Waals surface area contributed by atoms with Crippen LogP contribution in [0.15, 0.2) is 60.0 Å². The Kier molecular flexibility index (Phi) is 7.36. The second kappa shape index (κ2) is 10.4. The van der Waals surface area contributed by atoms with Gasteiger partial charge in [0.05, 0.1) is 6.04 Å². The summed E-state index contributed by atoms with van der Waals surface area (Å²) in [6.07, 6.45) is 0.813. The fraction of sp³-hybridized carbons (Fsp3) is 0.308. The molecule has 4 rings (SSSR count). The summed E-state index contributed by atoms with van der Waals surface area (Å²) in [7, 11) is 0. The Morgan fingerprint density at radius 2 is 2.00 bits per heavy atom. The zero-order valence-corrected chi connectivity index (χ0v) is 20.4. The third-order valence-corrected chi connectivity index (χ3v) is 7.20. The van der Waals surface area contributed by atoms with Crippen molar-refractivity contribution in [3.63, 3.8) is 0 Å². The molecule has 3 aromatic rings. The van der Waals surface area contributed by atoms with Gasteiger partial charge in [0.25, 0.3) is 5.91 Å². The second-order valence-electron chi connectivity index (χ2n) is 8.06. The first-order valence-corrected chi connectivity index (χ1v) is 12.3. The minimum Gasteiger partial charge on any atom is -0.491 e. The SMILES string of the molecule is CCN(CC(=O)N1CCc2sccc2[C@H]1COc1ccccc1C)C(=O)c1cccc(Cl)c1. The lowest BCUT2D eigenvalue weighted by atomic mass is 10.00. The van der Waals surface area contributed by atoms with Gasteiger partial charge >= 0.3 is 0 Å². The predicted octanol–water partition coefficient (Wildman–Crippen LogP) is 5.38. The normalized spacial score (nSPS) is 15.1. The van der Waals surface area contributed by atoms with Crippen LogP contribution in [0.3, 0.4) is 0 Å². The molecule has 0 saturated carbocycles. The van der Waals surface area contributed by atoms with Crippen molar-refractivity contribution in [1.29, 1.82) is 0 Å². The van der Waals surface area contributed by atoms with Gasteiger partial charge in [-0.2, -0.15) is 0 Å². The van der Waals surface area contributed by atoms with Gasteiger partial charge in [0.2, 0.25) is 5.91 Å². The molecule has 0 N–H and O–H groups in total. The average molecular weight is 483 g/mol. The summed E-state index contributed by atoms with van der Waals surface area (Å²) < 4.78 is 6.16. The van der Waals surface area contributed by atoms with E-state index in [4.69, 9.17) is 16.3 Å². The Bertz CT molecular complexity index is 1150. The fourth-order valence-electron chi connectivity index (χ4n) is 4.15. The lowest BCUT2D eigenvalue weighted by Gasteiger charge is -2.37. The maximum absolute atomic E-state index is 13.4. The zero-order valence-electron chi connectivity index (χ0n) is 18.8. The summed E-state index contributed by atoms with van der Waals surface area (Å²) in [5.41, 5.74) is 2.67. The Labute approximate surface area is 203 Å². The maximum atomic E-state index is 13.4. The van der Waals surface area contributed by atoms with E-state index in [1.54, 1.807) is 40.5 Å². The maximum Gasteiger partial charge on any atom is 0.254 e. The molecule has 2 heterocycles. The number of fused-ring (bicyclic) bond motifs is 1. The van der Waals surface area contributed by atoms with Crippen molar-refractivity contribution < 1.29 is 14.3 Å². The highest BCUT2D eigenvalue weighted by atomic mass is 35.5. The van der Waals surface area contributed by atoms with E-state index in [2.05, 4.69) is 11.4 Å². The minimum atomic E-state index is -0.200. The number of likely N-dealkylation sites (N-methyl/N-ethyl adjacent to an activating group) is 1. The highest BCUT2D eigenvalue weighted by Crippen LogP contribution is 2.34. The van der Waals surface area contributed by atoms with Gasteiger partial charge in [0.15, 0.2) is 0 Å². The summed E-state index contributed by atoms with van der Waals surface area (Å²) in [4.78, 5) is 31.2. The van der Waals surface area contributed by atoms with Crippen LogP contribution < -0.4 is 4.74 Å². The van der Waals surface area contributed by atoms with E-state index in [1.165, 1.54) is 4.88 Å². The Hall–Kier alpha value is -2.83. The monoisotopic (exact) mass is 482 g/mol. The van der Waals surface area contributed by atoms with E-state index in [0.717, 1.165) is 23.3 Å². The summed E-state index contributed by atoms with van der Waals surface area (Å²) in [6, 6.07) is 16.6. The van der Waals surface area contributed by atoms with Crippen LogP contribution in [0.2, 0.25) is 5.02 Å². The highest BCUT2D eigenvalue weighted by Gasteiger charge is 2.33. The van der Waals surface area contributed by atoms with Gasteiger partial charge in [-0.25, -0.2) is 0 Å². The molecule has 0 unspecified atom stereocenters. The van der Waals surface area contributed by atoms with Crippen molar-refractivity contribution in [2.75, 3.05) is 26.2 Å². The van der Waals surface area contributed by atoms with Crippen molar-refractivity contribution in [3.05, 3.63) is 86.6 Å². The molecule has 2 amide bonds. The molecule has 0 radical (unpaired) electrons. The molecule has 0 aliphatic carbocycles. The standard InChI is InChI=1S/C26H27ClN2O3S/c1-3-28(26(31)19-8-6-9-20(27)15-19)16-25(30)29-13-11-24-21(12-14-33-24)22(29)17-32-23-10-5-4-7-18(23)2/h4-10,12,14-15,22H,3,11,13,16-17H2,1-2H3/t22-/m1/s1. The van der Waals surface area contributed by atoms with Crippen LogP contribution in [0.4, 0.5) is 0 Å². The van der Waals surface area contributed by atoms with E-state index in [0.29, 0.717) is 30.3 Å². The van der Waals surface area contributed by atoms with Crippen LogP contribution in [-0.4, -0.2) is 47.9 Å². The van der Waals surface area contributed by atoms with E-state index in [-0.39, 0.29) is 24.4 Å². The summed E-state index contributed by atoms with van der Waals surface area (Å²) in [5, 5.41) is 2.57. The van der Waals surface area contributed by atoms with E-state index >= 15 is 0 Å². The van der Waals surface area contributed by atoms with Gasteiger partial charge in [-0.3, -0.25) is 9.59 Å². The number of thiophene rings is 1. The number of ether oxygens (including phenoxy) is 1. The van der Waals surface area contributed by atoms with Crippen molar-refractivity contribution in [2.45, 2.75) is 26.3 Å². The molecule has 172 valence electrons. The number of hydrogen-bond acceptors (Lipinski definition) is 4. The predicted molar refractivity (Wildman–Crippen MR) is 132 cm³/mol. The Balaban J connectivity index is 1.52. The number of carbonyl (C=O) groups excluding carboxylic acids is 2.